The van der Waals surface area contributed by atoms with Crippen molar-refractivity contribution in [3.63, 3.8) is 0 Å². The van der Waals surface area contributed by atoms with Gasteiger partial charge in [-0.2, -0.15) is 0 Å². The van der Waals surface area contributed by atoms with Crippen LogP contribution >= 0.6 is 23.1 Å². The molecule has 2 heterocycles. The van der Waals surface area contributed by atoms with E-state index in [2.05, 4.69) is 21.4 Å². The summed E-state index contributed by atoms with van der Waals surface area (Å²) in [5.41, 5.74) is 5.74. The Morgan fingerprint density at radius 3 is 3.00 bits per heavy atom. The number of thiophene rings is 1. The zero-order chi connectivity index (χ0) is 11.7. The van der Waals surface area contributed by atoms with E-state index in [1.54, 1.807) is 11.3 Å². The van der Waals surface area contributed by atoms with E-state index in [0.717, 1.165) is 21.2 Å². The van der Waals surface area contributed by atoms with Crippen LogP contribution in [0.1, 0.15) is 25.7 Å². The summed E-state index contributed by atoms with van der Waals surface area (Å²) in [5.74, 6) is 2.43. The number of aromatic nitrogens is 2. The third kappa shape index (κ3) is 2.40. The third-order valence-electron chi connectivity index (χ3n) is 3.24. The molecule has 2 N–H and O–H groups in total. The first-order valence-electron chi connectivity index (χ1n) is 5.96. The maximum absolute atomic E-state index is 5.74. The van der Waals surface area contributed by atoms with Gasteiger partial charge in [-0.15, -0.1) is 23.1 Å². The van der Waals surface area contributed by atoms with E-state index < -0.39 is 0 Å². The maximum atomic E-state index is 5.74. The van der Waals surface area contributed by atoms with Crippen molar-refractivity contribution in [2.75, 3.05) is 11.5 Å². The predicted octanol–water partition coefficient (Wildman–Crippen LogP) is 3.56. The van der Waals surface area contributed by atoms with Crippen LogP contribution in [-0.2, 0) is 0 Å². The average molecular weight is 265 g/mol. The number of hydrogen-bond donors (Lipinski definition) is 1. The fourth-order valence-electron chi connectivity index (χ4n) is 2.33. The van der Waals surface area contributed by atoms with E-state index in [-0.39, 0.29) is 0 Å². The van der Waals surface area contributed by atoms with Crippen molar-refractivity contribution in [1.29, 1.82) is 0 Å². The molecule has 0 radical (unpaired) electrons. The Labute approximate surface area is 109 Å². The molecule has 1 aliphatic carbocycles. The molecular weight excluding hydrogens is 250 g/mol. The zero-order valence-corrected chi connectivity index (χ0v) is 11.2. The van der Waals surface area contributed by atoms with Gasteiger partial charge in [0.1, 0.15) is 9.86 Å². The lowest BCUT2D eigenvalue weighted by Crippen LogP contribution is -1.99. The van der Waals surface area contributed by atoms with Gasteiger partial charge in [-0.3, -0.25) is 0 Å². The Bertz CT molecular complexity index is 517. The number of nitrogen functional groups attached to an aromatic ring is 1. The first-order valence-corrected chi connectivity index (χ1v) is 7.83. The fourth-order valence-corrected chi connectivity index (χ4v) is 4.37. The van der Waals surface area contributed by atoms with Crippen molar-refractivity contribution >= 4 is 39.3 Å². The van der Waals surface area contributed by atoms with Crippen LogP contribution < -0.4 is 5.73 Å². The van der Waals surface area contributed by atoms with Crippen LogP contribution in [0.5, 0.6) is 0 Å². The molecule has 2 aromatic heterocycles. The highest BCUT2D eigenvalue weighted by Crippen LogP contribution is 2.34. The maximum Gasteiger partial charge on any atom is 0.222 e. The molecule has 0 aliphatic heterocycles. The normalized spacial score (nSPS) is 16.9. The molecule has 1 saturated carbocycles. The minimum atomic E-state index is 0.397. The lowest BCUT2D eigenvalue weighted by Gasteiger charge is -2.08. The van der Waals surface area contributed by atoms with Gasteiger partial charge >= 0.3 is 0 Å². The second kappa shape index (κ2) is 4.82. The molecule has 2 aromatic rings. The fraction of sp³-hybridized carbons (Fsp3) is 0.500. The summed E-state index contributed by atoms with van der Waals surface area (Å²) in [7, 11) is 0. The van der Waals surface area contributed by atoms with Crippen LogP contribution in [0.4, 0.5) is 5.95 Å². The van der Waals surface area contributed by atoms with E-state index in [1.165, 1.54) is 31.4 Å². The summed E-state index contributed by atoms with van der Waals surface area (Å²) in [4.78, 5) is 9.62. The number of rotatable bonds is 3. The lowest BCUT2D eigenvalue weighted by atomic mass is 10.1. The van der Waals surface area contributed by atoms with Crippen molar-refractivity contribution in [3.05, 3.63) is 11.4 Å². The van der Waals surface area contributed by atoms with Gasteiger partial charge in [-0.05, 0) is 30.2 Å². The summed E-state index contributed by atoms with van der Waals surface area (Å²) in [5, 5.41) is 4.27. The van der Waals surface area contributed by atoms with Gasteiger partial charge in [0.2, 0.25) is 5.95 Å². The lowest BCUT2D eigenvalue weighted by molar-refractivity contribution is 0.623. The van der Waals surface area contributed by atoms with Gasteiger partial charge in [-0.1, -0.05) is 12.8 Å². The van der Waals surface area contributed by atoms with Crippen LogP contribution in [-0.4, -0.2) is 15.7 Å². The third-order valence-corrected chi connectivity index (χ3v) is 5.27. The molecule has 3 rings (SSSR count). The monoisotopic (exact) mass is 265 g/mol. The molecule has 0 aromatic carbocycles. The Morgan fingerprint density at radius 1 is 1.35 bits per heavy atom. The topological polar surface area (TPSA) is 51.8 Å². The smallest absolute Gasteiger partial charge is 0.222 e. The second-order valence-corrected chi connectivity index (χ2v) is 6.39. The van der Waals surface area contributed by atoms with Crippen molar-refractivity contribution in [2.24, 2.45) is 5.92 Å². The van der Waals surface area contributed by atoms with E-state index in [4.69, 9.17) is 5.73 Å². The summed E-state index contributed by atoms with van der Waals surface area (Å²) >= 11 is 3.47. The highest BCUT2D eigenvalue weighted by molar-refractivity contribution is 7.99. The summed E-state index contributed by atoms with van der Waals surface area (Å²) in [6.45, 7) is 0. The molecule has 0 unspecified atom stereocenters. The number of anilines is 1. The Morgan fingerprint density at radius 2 is 2.18 bits per heavy atom. The largest absolute Gasteiger partial charge is 0.368 e. The molecule has 90 valence electrons. The molecule has 5 heteroatoms. The second-order valence-electron chi connectivity index (χ2n) is 4.49. The van der Waals surface area contributed by atoms with Crippen molar-refractivity contribution in [2.45, 2.75) is 30.7 Å². The molecule has 17 heavy (non-hydrogen) atoms. The highest BCUT2D eigenvalue weighted by atomic mass is 32.2. The highest BCUT2D eigenvalue weighted by Gasteiger charge is 2.16. The van der Waals surface area contributed by atoms with Crippen LogP contribution in [0.15, 0.2) is 16.5 Å². The number of nitrogens with zero attached hydrogens (tertiary/aromatic N) is 2. The quantitative estimate of drug-likeness (QED) is 0.681. The van der Waals surface area contributed by atoms with E-state index in [0.29, 0.717) is 5.95 Å². The summed E-state index contributed by atoms with van der Waals surface area (Å²) < 4.78 is 0. The van der Waals surface area contributed by atoms with Crippen LogP contribution in [0, 0.1) is 5.92 Å². The van der Waals surface area contributed by atoms with E-state index in [1.807, 2.05) is 11.8 Å². The molecule has 0 spiro atoms. The molecule has 0 bridgehead atoms. The van der Waals surface area contributed by atoms with Gasteiger partial charge in [0.25, 0.3) is 0 Å². The molecule has 0 amide bonds. The first kappa shape index (κ1) is 11.3. The van der Waals surface area contributed by atoms with Gasteiger partial charge < -0.3 is 5.73 Å². The number of nitrogens with two attached hydrogens (primary N) is 1. The molecular formula is C12H15N3S2. The van der Waals surface area contributed by atoms with Crippen molar-refractivity contribution in [3.8, 4) is 0 Å². The Hall–Kier alpha value is -0.810. The number of hydrogen-bond acceptors (Lipinski definition) is 5. The average Bonchev–Trinajstić information content (AvgIpc) is 2.95. The van der Waals surface area contributed by atoms with Crippen LogP contribution in [0.3, 0.4) is 0 Å². The molecule has 0 atom stereocenters. The molecule has 1 fully saturated rings. The predicted molar refractivity (Wildman–Crippen MR) is 74.5 cm³/mol. The molecule has 0 saturated heterocycles. The van der Waals surface area contributed by atoms with Gasteiger partial charge in [0, 0.05) is 11.1 Å². The van der Waals surface area contributed by atoms with E-state index in [9.17, 15) is 0 Å². The summed E-state index contributed by atoms with van der Waals surface area (Å²) in [6, 6.07) is 2.09. The number of thioether (sulfide) groups is 1. The molecule has 3 nitrogen and oxygen atoms in total. The standard InChI is InChI=1S/C12H15N3S2/c13-12-14-10-9(5-6-16-10)11(15-12)17-7-8-3-1-2-4-8/h5-6,8H,1-4,7H2,(H2,13,14,15). The molecule has 1 aliphatic rings. The Kier molecular flexibility index (Phi) is 3.20. The van der Waals surface area contributed by atoms with Crippen LogP contribution in [0.25, 0.3) is 10.2 Å². The van der Waals surface area contributed by atoms with Gasteiger partial charge in [0.15, 0.2) is 0 Å². The van der Waals surface area contributed by atoms with Gasteiger partial charge in [0.05, 0.1) is 0 Å². The van der Waals surface area contributed by atoms with Crippen molar-refractivity contribution < 1.29 is 0 Å². The van der Waals surface area contributed by atoms with Crippen molar-refractivity contribution in [1.82, 2.24) is 9.97 Å². The minimum Gasteiger partial charge on any atom is -0.368 e. The summed E-state index contributed by atoms with van der Waals surface area (Å²) in [6.07, 6.45) is 5.54. The van der Waals surface area contributed by atoms with Gasteiger partial charge in [-0.25, -0.2) is 9.97 Å². The minimum absolute atomic E-state index is 0.397. The first-order chi connectivity index (χ1) is 8.33. The number of fused-ring (bicyclic) bond motifs is 1. The Balaban J connectivity index is 1.81. The zero-order valence-electron chi connectivity index (χ0n) is 9.56. The SMILES string of the molecule is Nc1nc(SCC2CCCC2)c2ccsc2n1. The van der Waals surface area contributed by atoms with Crippen LogP contribution in [0.2, 0.25) is 0 Å². The van der Waals surface area contributed by atoms with E-state index >= 15 is 0 Å².